The number of rotatable bonds is 1. The molecule has 2 heterocycles. The Bertz CT molecular complexity index is 2000. The van der Waals surface area contributed by atoms with Crippen LogP contribution in [0, 0.1) is 6.92 Å². The predicted octanol–water partition coefficient (Wildman–Crippen LogP) is 5.00. The minimum Gasteiger partial charge on any atom is -0.507 e. The normalized spacial score (nSPS) is 11.7. The molecule has 0 amide bonds. The number of hydrogen-bond donors (Lipinski definition) is 4. The quantitative estimate of drug-likeness (QED) is 0.247. The zero-order chi connectivity index (χ0) is 24.6. The molecule has 2 aromatic heterocycles. The number of hydrogen-bond acceptors (Lipinski definition) is 8. The monoisotopic (exact) mass is 468 g/mol. The van der Waals surface area contributed by atoms with Crippen molar-refractivity contribution in [3.05, 3.63) is 81.0 Å². The lowest BCUT2D eigenvalue weighted by Crippen LogP contribution is -2.02. The lowest BCUT2D eigenvalue weighted by molar-refractivity contribution is 0.459. The first kappa shape index (κ1) is 20.6. The fourth-order valence-electron chi connectivity index (χ4n) is 4.73. The Kier molecular flexibility index (Phi) is 4.13. The third kappa shape index (κ3) is 2.80. The van der Waals surface area contributed by atoms with Crippen LogP contribution in [0.5, 0.6) is 23.0 Å². The van der Waals surface area contributed by atoms with E-state index < -0.39 is 22.4 Å². The summed E-state index contributed by atoms with van der Waals surface area (Å²) in [5.41, 5.74) is 0.332. The first-order valence-electron chi connectivity index (χ1n) is 10.6. The Morgan fingerprint density at radius 3 is 2.03 bits per heavy atom. The second-order valence-electron chi connectivity index (χ2n) is 8.31. The fourth-order valence-corrected chi connectivity index (χ4v) is 4.73. The zero-order valence-electron chi connectivity index (χ0n) is 18.1. The minimum absolute atomic E-state index is 0.00528. The molecule has 0 atom stereocenters. The molecule has 0 saturated carbocycles. The Morgan fingerprint density at radius 2 is 1.26 bits per heavy atom. The molecular formula is C27H16O8. The van der Waals surface area contributed by atoms with Crippen molar-refractivity contribution in [1.82, 2.24) is 0 Å². The average molecular weight is 468 g/mol. The molecule has 0 aliphatic heterocycles. The van der Waals surface area contributed by atoms with Crippen molar-refractivity contribution in [3.63, 3.8) is 0 Å². The van der Waals surface area contributed by atoms with Crippen molar-refractivity contribution in [2.24, 2.45) is 0 Å². The van der Waals surface area contributed by atoms with Crippen LogP contribution in [-0.2, 0) is 0 Å². The van der Waals surface area contributed by atoms with Gasteiger partial charge in [-0.25, -0.2) is 0 Å². The lowest BCUT2D eigenvalue weighted by Gasteiger charge is -2.14. The molecule has 35 heavy (non-hydrogen) atoms. The summed E-state index contributed by atoms with van der Waals surface area (Å²) in [6.07, 6.45) is 1.26. The predicted molar refractivity (Wildman–Crippen MR) is 130 cm³/mol. The van der Waals surface area contributed by atoms with Gasteiger partial charge < -0.3 is 29.3 Å². The van der Waals surface area contributed by atoms with Crippen molar-refractivity contribution in [1.29, 1.82) is 0 Å². The van der Waals surface area contributed by atoms with Crippen molar-refractivity contribution < 1.29 is 29.3 Å². The van der Waals surface area contributed by atoms with E-state index in [1.54, 1.807) is 25.1 Å². The van der Waals surface area contributed by atoms with Crippen molar-refractivity contribution in [2.75, 3.05) is 0 Å². The van der Waals surface area contributed by atoms with Gasteiger partial charge in [-0.2, -0.15) is 0 Å². The van der Waals surface area contributed by atoms with E-state index in [2.05, 4.69) is 0 Å². The molecule has 172 valence electrons. The number of aromatic hydroxyl groups is 4. The summed E-state index contributed by atoms with van der Waals surface area (Å²) in [7, 11) is 0. The van der Waals surface area contributed by atoms with Gasteiger partial charge in [0.05, 0.1) is 17.0 Å². The Hall–Kier alpha value is -4.98. The highest BCUT2D eigenvalue weighted by molar-refractivity contribution is 6.16. The van der Waals surface area contributed by atoms with Crippen molar-refractivity contribution in [2.45, 2.75) is 6.92 Å². The van der Waals surface area contributed by atoms with Crippen LogP contribution in [0.25, 0.3) is 54.6 Å². The molecule has 6 rings (SSSR count). The first-order valence-corrected chi connectivity index (χ1v) is 10.6. The number of phenolic OH excluding ortho intramolecular Hbond substituents is 3. The maximum absolute atomic E-state index is 12.8. The number of benzene rings is 4. The highest BCUT2D eigenvalue weighted by atomic mass is 16.3. The van der Waals surface area contributed by atoms with E-state index in [-0.39, 0.29) is 44.2 Å². The summed E-state index contributed by atoms with van der Waals surface area (Å²) in [4.78, 5) is 25.3. The van der Waals surface area contributed by atoms with Crippen LogP contribution in [0.15, 0.2) is 73.2 Å². The van der Waals surface area contributed by atoms with Gasteiger partial charge in [-0.1, -0.05) is 6.07 Å². The van der Waals surface area contributed by atoms with Crippen LogP contribution in [0.1, 0.15) is 5.76 Å². The lowest BCUT2D eigenvalue weighted by atomic mass is 9.91. The van der Waals surface area contributed by atoms with Crippen LogP contribution < -0.4 is 10.9 Å². The highest BCUT2D eigenvalue weighted by Gasteiger charge is 2.21. The molecule has 4 aromatic carbocycles. The van der Waals surface area contributed by atoms with Gasteiger partial charge in [0.2, 0.25) is 0 Å². The molecule has 6 aromatic rings. The molecule has 0 fully saturated rings. The molecule has 0 bridgehead atoms. The van der Waals surface area contributed by atoms with E-state index in [1.807, 2.05) is 0 Å². The Morgan fingerprint density at radius 1 is 0.629 bits per heavy atom. The summed E-state index contributed by atoms with van der Waals surface area (Å²) < 4.78 is 11.2. The summed E-state index contributed by atoms with van der Waals surface area (Å²) in [6.45, 7) is 1.61. The molecule has 0 aliphatic rings. The second kappa shape index (κ2) is 7.01. The van der Waals surface area contributed by atoms with E-state index >= 15 is 0 Å². The number of fused-ring (bicyclic) bond motifs is 4. The van der Waals surface area contributed by atoms with E-state index in [4.69, 9.17) is 8.83 Å². The van der Waals surface area contributed by atoms with Gasteiger partial charge in [-0.15, -0.1) is 0 Å². The maximum atomic E-state index is 12.8. The van der Waals surface area contributed by atoms with Crippen LogP contribution >= 0.6 is 0 Å². The second-order valence-corrected chi connectivity index (χ2v) is 8.31. The molecule has 0 unspecified atom stereocenters. The van der Waals surface area contributed by atoms with Crippen LogP contribution in [0.2, 0.25) is 0 Å². The molecule has 8 heteroatoms. The highest BCUT2D eigenvalue weighted by Crippen LogP contribution is 2.45. The number of phenols is 3. The number of aryl methyl sites for hydroxylation is 1. The third-order valence-corrected chi connectivity index (χ3v) is 6.24. The molecule has 0 saturated heterocycles. The molecule has 8 nitrogen and oxygen atoms in total. The van der Waals surface area contributed by atoms with Gasteiger partial charge in [-0.3, -0.25) is 9.59 Å². The smallest absolute Gasteiger partial charge is 0.196 e. The van der Waals surface area contributed by atoms with Crippen LogP contribution in [0.3, 0.4) is 0 Å². The summed E-state index contributed by atoms with van der Waals surface area (Å²) in [6, 6.07) is 11.4. The Labute approximate surface area is 195 Å². The minimum atomic E-state index is -0.468. The van der Waals surface area contributed by atoms with E-state index in [1.165, 1.54) is 36.6 Å². The van der Waals surface area contributed by atoms with E-state index in [9.17, 15) is 30.0 Å². The van der Waals surface area contributed by atoms with Gasteiger partial charge in [-0.05, 0) is 48.4 Å². The molecule has 0 radical (unpaired) electrons. The van der Waals surface area contributed by atoms with Gasteiger partial charge in [0.1, 0.15) is 50.7 Å². The van der Waals surface area contributed by atoms with E-state index in [0.29, 0.717) is 27.7 Å². The van der Waals surface area contributed by atoms with Crippen molar-refractivity contribution in [3.8, 4) is 34.1 Å². The fraction of sp³-hybridized carbons (Fsp3) is 0.0370. The zero-order valence-corrected chi connectivity index (χ0v) is 18.1. The van der Waals surface area contributed by atoms with Crippen LogP contribution in [-0.4, -0.2) is 20.4 Å². The largest absolute Gasteiger partial charge is 0.507 e. The maximum Gasteiger partial charge on any atom is 0.196 e. The summed E-state index contributed by atoms with van der Waals surface area (Å²) in [5.74, 6) is -0.997. The topological polar surface area (TPSA) is 141 Å². The summed E-state index contributed by atoms with van der Waals surface area (Å²) in [5, 5.41) is 43.3. The summed E-state index contributed by atoms with van der Waals surface area (Å²) >= 11 is 0. The third-order valence-electron chi connectivity index (χ3n) is 6.24. The van der Waals surface area contributed by atoms with E-state index in [0.717, 1.165) is 0 Å². The average Bonchev–Trinajstić information content (AvgIpc) is 2.79. The molecule has 0 aliphatic carbocycles. The van der Waals surface area contributed by atoms with Gasteiger partial charge in [0.15, 0.2) is 10.9 Å². The van der Waals surface area contributed by atoms with Crippen LogP contribution in [0.4, 0.5) is 0 Å². The van der Waals surface area contributed by atoms with Gasteiger partial charge >= 0.3 is 0 Å². The van der Waals surface area contributed by atoms with Crippen molar-refractivity contribution >= 4 is 43.5 Å². The van der Waals surface area contributed by atoms with Gasteiger partial charge in [0, 0.05) is 22.9 Å². The molecule has 0 spiro atoms. The first-order chi connectivity index (χ1) is 16.8. The molecular weight excluding hydrogens is 452 g/mol. The Balaban J connectivity index is 1.82. The van der Waals surface area contributed by atoms with Gasteiger partial charge in [0.25, 0.3) is 0 Å². The SMILES string of the molecule is Cc1cc(=O)c2c(O)c3c(O)ccc(-c4ccc(=O)c5c(O)c6c(O)ccoc6cc45)c3cc2o1. The standard InChI is InChI=1S/C27H16O8/c1-11-8-19(31)25-21(35-11)10-15-13(3-5-17(29)23(15)27(25)33)12-2-4-16(28)22-14(12)9-20-24(26(22)32)18(30)6-7-34-20/h2-10,29-30,32-33H,1H3. The molecule has 4 N–H and O–H groups in total.